The lowest BCUT2D eigenvalue weighted by Crippen LogP contribution is -2.13. The van der Waals surface area contributed by atoms with Crippen molar-refractivity contribution in [3.05, 3.63) is 64.2 Å². The smallest absolute Gasteiger partial charge is 0.257 e. The van der Waals surface area contributed by atoms with Gasteiger partial charge in [-0.15, -0.1) is 0 Å². The molecular formula is C15H14ClNO. The van der Waals surface area contributed by atoms with Crippen LogP contribution < -0.4 is 5.32 Å². The van der Waals surface area contributed by atoms with Gasteiger partial charge in [0.2, 0.25) is 0 Å². The number of halogens is 1. The Hall–Kier alpha value is -1.80. The van der Waals surface area contributed by atoms with Crippen LogP contribution in [0.15, 0.2) is 42.5 Å². The van der Waals surface area contributed by atoms with Gasteiger partial charge in [-0.25, -0.2) is 0 Å². The fraction of sp³-hybridized carbons (Fsp3) is 0.133. The highest BCUT2D eigenvalue weighted by molar-refractivity contribution is 6.34. The highest BCUT2D eigenvalue weighted by Gasteiger charge is 2.10. The van der Waals surface area contributed by atoms with Crippen molar-refractivity contribution in [1.29, 1.82) is 0 Å². The minimum Gasteiger partial charge on any atom is -0.322 e. The van der Waals surface area contributed by atoms with Crippen LogP contribution in [0, 0.1) is 13.8 Å². The average molecular weight is 260 g/mol. The van der Waals surface area contributed by atoms with Crippen LogP contribution in [0.25, 0.3) is 0 Å². The molecule has 2 aromatic rings. The van der Waals surface area contributed by atoms with E-state index >= 15 is 0 Å². The molecule has 0 aliphatic rings. The van der Waals surface area contributed by atoms with E-state index in [9.17, 15) is 4.79 Å². The minimum atomic E-state index is -0.187. The number of anilines is 1. The summed E-state index contributed by atoms with van der Waals surface area (Å²) in [6, 6.07) is 12.9. The molecule has 0 heterocycles. The molecule has 1 N–H and O–H groups in total. The molecule has 0 atom stereocenters. The molecule has 0 aliphatic heterocycles. The lowest BCUT2D eigenvalue weighted by Gasteiger charge is -2.09. The normalized spacial score (nSPS) is 10.2. The Morgan fingerprint density at radius 1 is 1.11 bits per heavy atom. The van der Waals surface area contributed by atoms with Gasteiger partial charge in [-0.05, 0) is 37.6 Å². The number of carbonyl (C=O) groups is 1. The predicted molar refractivity (Wildman–Crippen MR) is 75.3 cm³/mol. The Morgan fingerprint density at radius 2 is 1.83 bits per heavy atom. The van der Waals surface area contributed by atoms with Gasteiger partial charge in [0, 0.05) is 5.69 Å². The number of amides is 1. The molecule has 0 fully saturated rings. The van der Waals surface area contributed by atoms with Gasteiger partial charge in [0.15, 0.2) is 0 Å². The summed E-state index contributed by atoms with van der Waals surface area (Å²) in [7, 11) is 0. The number of hydrogen-bond donors (Lipinski definition) is 1. The quantitative estimate of drug-likeness (QED) is 0.860. The van der Waals surface area contributed by atoms with Crippen molar-refractivity contribution in [2.75, 3.05) is 5.32 Å². The zero-order chi connectivity index (χ0) is 13.1. The first-order valence-corrected chi connectivity index (χ1v) is 6.09. The second-order valence-corrected chi connectivity index (χ2v) is 4.66. The first-order chi connectivity index (χ1) is 8.58. The lowest BCUT2D eigenvalue weighted by atomic mass is 10.1. The molecule has 0 saturated carbocycles. The zero-order valence-electron chi connectivity index (χ0n) is 10.3. The second-order valence-electron chi connectivity index (χ2n) is 4.25. The van der Waals surface area contributed by atoms with E-state index in [1.165, 1.54) is 5.56 Å². The van der Waals surface area contributed by atoms with Gasteiger partial charge < -0.3 is 5.32 Å². The van der Waals surface area contributed by atoms with Gasteiger partial charge in [-0.3, -0.25) is 4.79 Å². The molecule has 0 radical (unpaired) electrons. The highest BCUT2D eigenvalue weighted by Crippen LogP contribution is 2.20. The molecule has 0 saturated heterocycles. The number of benzene rings is 2. The van der Waals surface area contributed by atoms with Crippen molar-refractivity contribution in [2.45, 2.75) is 13.8 Å². The first-order valence-electron chi connectivity index (χ1n) is 5.71. The molecule has 2 nitrogen and oxygen atoms in total. The van der Waals surface area contributed by atoms with Gasteiger partial charge >= 0.3 is 0 Å². The summed E-state index contributed by atoms with van der Waals surface area (Å²) < 4.78 is 0. The van der Waals surface area contributed by atoms with Crippen LogP contribution in [-0.2, 0) is 0 Å². The van der Waals surface area contributed by atoms with Crippen molar-refractivity contribution in [2.24, 2.45) is 0 Å². The fourth-order valence-electron chi connectivity index (χ4n) is 1.79. The van der Waals surface area contributed by atoms with Gasteiger partial charge in [-0.1, -0.05) is 41.4 Å². The monoisotopic (exact) mass is 259 g/mol. The number of nitrogens with one attached hydrogen (secondary N) is 1. The Bertz CT molecular complexity index is 593. The van der Waals surface area contributed by atoms with Crippen LogP contribution in [-0.4, -0.2) is 5.91 Å². The van der Waals surface area contributed by atoms with Crippen LogP contribution >= 0.6 is 11.6 Å². The summed E-state index contributed by atoms with van der Waals surface area (Å²) in [6.07, 6.45) is 0. The molecular weight excluding hydrogens is 246 g/mol. The average Bonchev–Trinajstić information content (AvgIpc) is 2.33. The van der Waals surface area contributed by atoms with E-state index in [0.717, 1.165) is 11.3 Å². The van der Waals surface area contributed by atoms with Crippen LogP contribution in [0.2, 0.25) is 5.02 Å². The maximum Gasteiger partial charge on any atom is 0.257 e. The summed E-state index contributed by atoms with van der Waals surface area (Å²) >= 11 is 5.99. The van der Waals surface area contributed by atoms with E-state index in [1.807, 2.05) is 32.0 Å². The fourth-order valence-corrected chi connectivity index (χ4v) is 2.01. The van der Waals surface area contributed by atoms with Crippen LogP contribution in [0.5, 0.6) is 0 Å². The molecule has 2 aromatic carbocycles. The van der Waals surface area contributed by atoms with E-state index in [-0.39, 0.29) is 5.91 Å². The number of rotatable bonds is 2. The Kier molecular flexibility index (Phi) is 3.68. The number of carbonyl (C=O) groups excluding carboxylic acids is 1. The zero-order valence-corrected chi connectivity index (χ0v) is 11.1. The third kappa shape index (κ3) is 2.71. The third-order valence-corrected chi connectivity index (χ3v) is 3.08. The molecule has 0 unspecified atom stereocenters. The minimum absolute atomic E-state index is 0.187. The number of hydrogen-bond acceptors (Lipinski definition) is 1. The highest BCUT2D eigenvalue weighted by atomic mass is 35.5. The predicted octanol–water partition coefficient (Wildman–Crippen LogP) is 4.21. The molecule has 2 rings (SSSR count). The van der Waals surface area contributed by atoms with Crippen LogP contribution in [0.3, 0.4) is 0 Å². The van der Waals surface area contributed by atoms with E-state index in [1.54, 1.807) is 24.3 Å². The maximum absolute atomic E-state index is 12.1. The van der Waals surface area contributed by atoms with Crippen molar-refractivity contribution in [1.82, 2.24) is 0 Å². The Balaban J connectivity index is 2.24. The van der Waals surface area contributed by atoms with Crippen LogP contribution in [0.1, 0.15) is 21.5 Å². The largest absolute Gasteiger partial charge is 0.322 e. The van der Waals surface area contributed by atoms with Crippen molar-refractivity contribution in [3.63, 3.8) is 0 Å². The summed E-state index contributed by atoms with van der Waals surface area (Å²) in [5, 5.41) is 3.33. The standard InChI is InChI=1S/C15H14ClNO/c1-10-7-8-14(11(2)9-10)17-15(18)12-5-3-4-6-13(12)16/h3-9H,1-2H3,(H,17,18). The summed E-state index contributed by atoms with van der Waals surface area (Å²) in [4.78, 5) is 12.1. The molecule has 0 aromatic heterocycles. The van der Waals surface area contributed by atoms with E-state index in [4.69, 9.17) is 11.6 Å². The van der Waals surface area contributed by atoms with Gasteiger partial charge in [-0.2, -0.15) is 0 Å². The van der Waals surface area contributed by atoms with Crippen molar-refractivity contribution in [3.8, 4) is 0 Å². The molecule has 92 valence electrons. The second kappa shape index (κ2) is 5.23. The molecule has 18 heavy (non-hydrogen) atoms. The number of aryl methyl sites for hydroxylation is 2. The summed E-state index contributed by atoms with van der Waals surface area (Å²) in [5.41, 5.74) is 3.50. The van der Waals surface area contributed by atoms with Crippen molar-refractivity contribution >= 4 is 23.2 Å². The van der Waals surface area contributed by atoms with Crippen LogP contribution in [0.4, 0.5) is 5.69 Å². The van der Waals surface area contributed by atoms with E-state index in [0.29, 0.717) is 10.6 Å². The topological polar surface area (TPSA) is 29.1 Å². The van der Waals surface area contributed by atoms with Gasteiger partial charge in [0.05, 0.1) is 10.6 Å². The molecule has 0 aliphatic carbocycles. The molecule has 3 heteroatoms. The molecule has 1 amide bonds. The van der Waals surface area contributed by atoms with E-state index in [2.05, 4.69) is 5.32 Å². The first kappa shape index (κ1) is 12.7. The van der Waals surface area contributed by atoms with Crippen molar-refractivity contribution < 1.29 is 4.79 Å². The lowest BCUT2D eigenvalue weighted by molar-refractivity contribution is 0.102. The SMILES string of the molecule is Cc1ccc(NC(=O)c2ccccc2Cl)c(C)c1. The summed E-state index contributed by atoms with van der Waals surface area (Å²) in [6.45, 7) is 3.99. The van der Waals surface area contributed by atoms with Gasteiger partial charge in [0.1, 0.15) is 0 Å². The summed E-state index contributed by atoms with van der Waals surface area (Å²) in [5.74, 6) is -0.187. The molecule has 0 bridgehead atoms. The Labute approximate surface area is 112 Å². The van der Waals surface area contributed by atoms with E-state index < -0.39 is 0 Å². The van der Waals surface area contributed by atoms with Gasteiger partial charge in [0.25, 0.3) is 5.91 Å². The maximum atomic E-state index is 12.1. The molecule has 0 spiro atoms. The Morgan fingerprint density at radius 3 is 2.50 bits per heavy atom. The third-order valence-electron chi connectivity index (χ3n) is 2.75.